The number of likely N-dealkylation sites (tertiary alicyclic amines) is 1. The van der Waals surface area contributed by atoms with E-state index in [9.17, 15) is 0 Å². The third-order valence-electron chi connectivity index (χ3n) is 3.65. The smallest absolute Gasteiger partial charge is 0.0672 e. The van der Waals surface area contributed by atoms with Crippen molar-refractivity contribution in [3.8, 4) is 0 Å². The first-order valence-electron chi connectivity index (χ1n) is 6.94. The highest BCUT2D eigenvalue weighted by atomic mass is 16.5. The molecule has 1 aliphatic rings. The Kier molecular flexibility index (Phi) is 6.86. The summed E-state index contributed by atoms with van der Waals surface area (Å²) in [6, 6.07) is 0. The van der Waals surface area contributed by atoms with Gasteiger partial charge in [0.1, 0.15) is 0 Å². The van der Waals surface area contributed by atoms with Crippen molar-refractivity contribution < 1.29 is 4.74 Å². The number of hydrogen-bond acceptors (Lipinski definition) is 4. The average Bonchev–Trinajstić information content (AvgIpc) is 2.52. The lowest BCUT2D eigenvalue weighted by molar-refractivity contribution is 0.145. The lowest BCUT2D eigenvalue weighted by Gasteiger charge is -2.33. The first-order chi connectivity index (χ1) is 8.58. The number of nitrogens with zero attached hydrogens (tertiary/aromatic N) is 1. The fourth-order valence-electron chi connectivity index (χ4n) is 2.42. The first-order valence-corrected chi connectivity index (χ1v) is 6.94. The Morgan fingerprint density at radius 2 is 2.22 bits per heavy atom. The van der Waals surface area contributed by atoms with Gasteiger partial charge in [-0.2, -0.15) is 0 Å². The topological polar surface area (TPSA) is 50.5 Å². The van der Waals surface area contributed by atoms with Crippen molar-refractivity contribution in [2.75, 3.05) is 46.4 Å². The Hall–Kier alpha value is -0.420. The van der Waals surface area contributed by atoms with Crippen molar-refractivity contribution in [3.63, 3.8) is 0 Å². The molecule has 0 aromatic heterocycles. The molecule has 1 heterocycles. The molecule has 106 valence electrons. The van der Waals surface area contributed by atoms with Gasteiger partial charge in [0.25, 0.3) is 0 Å². The molecule has 4 heteroatoms. The van der Waals surface area contributed by atoms with Crippen LogP contribution < -0.4 is 11.1 Å². The molecule has 0 radical (unpaired) electrons. The summed E-state index contributed by atoms with van der Waals surface area (Å²) in [4.78, 5) is 2.39. The maximum absolute atomic E-state index is 5.98. The van der Waals surface area contributed by atoms with Crippen LogP contribution in [0.2, 0.25) is 0 Å². The van der Waals surface area contributed by atoms with Gasteiger partial charge < -0.3 is 20.7 Å². The van der Waals surface area contributed by atoms with E-state index in [1.165, 1.54) is 13.0 Å². The van der Waals surface area contributed by atoms with E-state index in [0.717, 1.165) is 38.1 Å². The van der Waals surface area contributed by atoms with Crippen LogP contribution in [0.3, 0.4) is 0 Å². The van der Waals surface area contributed by atoms with Crippen LogP contribution in [-0.4, -0.2) is 56.9 Å². The molecule has 0 saturated carbocycles. The predicted octanol–water partition coefficient (Wildman–Crippen LogP) is 0.982. The zero-order valence-electron chi connectivity index (χ0n) is 12.0. The second kappa shape index (κ2) is 7.89. The minimum Gasteiger partial charge on any atom is -0.376 e. The molecular weight excluding hydrogens is 226 g/mol. The lowest BCUT2D eigenvalue weighted by Crippen LogP contribution is -2.52. The summed E-state index contributed by atoms with van der Waals surface area (Å²) < 4.78 is 5.51. The fraction of sp³-hybridized carbons (Fsp3) is 0.857. The minimum absolute atomic E-state index is 0.108. The van der Waals surface area contributed by atoms with Gasteiger partial charge in [0.05, 0.1) is 13.2 Å². The summed E-state index contributed by atoms with van der Waals surface area (Å²) in [5, 5.41) is 3.61. The average molecular weight is 255 g/mol. The van der Waals surface area contributed by atoms with E-state index in [1.807, 2.05) is 6.92 Å². The molecule has 1 aliphatic heterocycles. The molecule has 3 N–H and O–H groups in total. The standard InChI is InChI=1S/C14H29N3O/c1-13(2)11-18-10-7-16-14(12-15)5-4-8-17(3)9-6-14/h16H,1,4-12,15H2,2-3H3. The molecule has 1 saturated heterocycles. The summed E-state index contributed by atoms with van der Waals surface area (Å²) in [7, 11) is 2.18. The molecule has 0 amide bonds. The summed E-state index contributed by atoms with van der Waals surface area (Å²) in [6.07, 6.45) is 3.50. The highest BCUT2D eigenvalue weighted by Gasteiger charge is 2.29. The molecule has 18 heavy (non-hydrogen) atoms. The molecule has 0 bridgehead atoms. The van der Waals surface area contributed by atoms with Gasteiger partial charge in [-0.25, -0.2) is 0 Å². The highest BCUT2D eigenvalue weighted by Crippen LogP contribution is 2.20. The molecule has 1 fully saturated rings. The number of rotatable bonds is 7. The Balaban J connectivity index is 2.28. The normalized spacial score (nSPS) is 25.9. The van der Waals surface area contributed by atoms with Crippen LogP contribution in [0.1, 0.15) is 26.2 Å². The van der Waals surface area contributed by atoms with Crippen molar-refractivity contribution in [2.24, 2.45) is 5.73 Å². The number of nitrogens with one attached hydrogen (secondary N) is 1. The number of nitrogens with two attached hydrogens (primary N) is 1. The van der Waals surface area contributed by atoms with Crippen LogP contribution in [0.5, 0.6) is 0 Å². The largest absolute Gasteiger partial charge is 0.376 e. The Morgan fingerprint density at radius 3 is 2.89 bits per heavy atom. The van der Waals surface area contributed by atoms with Gasteiger partial charge in [-0.15, -0.1) is 0 Å². The van der Waals surface area contributed by atoms with E-state index >= 15 is 0 Å². The van der Waals surface area contributed by atoms with Gasteiger partial charge in [0.2, 0.25) is 0 Å². The minimum atomic E-state index is 0.108. The number of hydrogen-bond donors (Lipinski definition) is 2. The second-order valence-corrected chi connectivity index (χ2v) is 5.58. The van der Waals surface area contributed by atoms with E-state index in [-0.39, 0.29) is 5.54 Å². The van der Waals surface area contributed by atoms with Crippen molar-refractivity contribution in [1.82, 2.24) is 10.2 Å². The summed E-state index contributed by atoms with van der Waals surface area (Å²) in [5.41, 5.74) is 7.16. The van der Waals surface area contributed by atoms with E-state index in [4.69, 9.17) is 10.5 Å². The molecule has 0 aliphatic carbocycles. The first kappa shape index (κ1) is 15.6. The predicted molar refractivity (Wildman–Crippen MR) is 76.8 cm³/mol. The van der Waals surface area contributed by atoms with Gasteiger partial charge in [0, 0.05) is 18.6 Å². The van der Waals surface area contributed by atoms with Gasteiger partial charge in [-0.3, -0.25) is 0 Å². The van der Waals surface area contributed by atoms with Crippen molar-refractivity contribution in [2.45, 2.75) is 31.7 Å². The molecule has 1 atom stereocenters. The zero-order valence-corrected chi connectivity index (χ0v) is 12.0. The molecule has 0 spiro atoms. The van der Waals surface area contributed by atoms with Gasteiger partial charge in [-0.1, -0.05) is 12.2 Å². The SMILES string of the molecule is C=C(C)COCCNC1(CN)CCCN(C)CC1. The highest BCUT2D eigenvalue weighted by molar-refractivity contribution is 4.92. The van der Waals surface area contributed by atoms with Crippen molar-refractivity contribution in [1.29, 1.82) is 0 Å². The number of ether oxygens (including phenoxy) is 1. The van der Waals surface area contributed by atoms with Crippen LogP contribution in [0, 0.1) is 0 Å². The van der Waals surface area contributed by atoms with Crippen LogP contribution >= 0.6 is 0 Å². The van der Waals surface area contributed by atoms with Crippen LogP contribution in [0.15, 0.2) is 12.2 Å². The maximum atomic E-state index is 5.98. The fourth-order valence-corrected chi connectivity index (χ4v) is 2.42. The van der Waals surface area contributed by atoms with E-state index in [1.54, 1.807) is 0 Å². The van der Waals surface area contributed by atoms with Gasteiger partial charge in [-0.05, 0) is 46.3 Å². The Morgan fingerprint density at radius 1 is 1.44 bits per heavy atom. The molecular formula is C14H29N3O. The monoisotopic (exact) mass is 255 g/mol. The molecule has 0 aromatic rings. The van der Waals surface area contributed by atoms with Crippen molar-refractivity contribution >= 4 is 0 Å². The third kappa shape index (κ3) is 5.48. The maximum Gasteiger partial charge on any atom is 0.0672 e. The van der Waals surface area contributed by atoms with E-state index < -0.39 is 0 Å². The van der Waals surface area contributed by atoms with Crippen LogP contribution in [0.25, 0.3) is 0 Å². The van der Waals surface area contributed by atoms with Gasteiger partial charge >= 0.3 is 0 Å². The van der Waals surface area contributed by atoms with E-state index in [2.05, 4.69) is 23.8 Å². The Labute approximate surface area is 112 Å². The zero-order chi connectivity index (χ0) is 13.4. The van der Waals surface area contributed by atoms with Crippen molar-refractivity contribution in [3.05, 3.63) is 12.2 Å². The summed E-state index contributed by atoms with van der Waals surface area (Å²) in [5.74, 6) is 0. The van der Waals surface area contributed by atoms with Crippen LogP contribution in [0.4, 0.5) is 0 Å². The van der Waals surface area contributed by atoms with Crippen LogP contribution in [-0.2, 0) is 4.74 Å². The van der Waals surface area contributed by atoms with E-state index in [0.29, 0.717) is 13.2 Å². The summed E-state index contributed by atoms with van der Waals surface area (Å²) >= 11 is 0. The summed E-state index contributed by atoms with van der Waals surface area (Å²) in [6.45, 7) is 11.1. The van der Waals surface area contributed by atoms with Gasteiger partial charge in [0.15, 0.2) is 0 Å². The molecule has 0 aromatic carbocycles. The Bertz CT molecular complexity index is 257. The molecule has 4 nitrogen and oxygen atoms in total. The molecule has 1 rings (SSSR count). The second-order valence-electron chi connectivity index (χ2n) is 5.58. The quantitative estimate of drug-likeness (QED) is 0.526. The third-order valence-corrected chi connectivity index (χ3v) is 3.65. The lowest BCUT2D eigenvalue weighted by atomic mass is 9.90. The molecule has 1 unspecified atom stereocenters.